The molecule has 1 N–H and O–H groups in total. The maximum atomic E-state index is 12.2. The van der Waals surface area contributed by atoms with E-state index in [0.29, 0.717) is 13.1 Å². The summed E-state index contributed by atoms with van der Waals surface area (Å²) in [6, 6.07) is 1.93. The van der Waals surface area contributed by atoms with Gasteiger partial charge >= 0.3 is 0 Å². The number of nitrogens with zero attached hydrogens (tertiary/aromatic N) is 3. The number of carbonyl (C=O) groups excluding carboxylic acids is 1. The lowest BCUT2D eigenvalue weighted by Crippen LogP contribution is -2.35. The Morgan fingerprint density at radius 3 is 2.26 bits per heavy atom. The van der Waals surface area contributed by atoms with Gasteiger partial charge in [0.05, 0.1) is 21.5 Å². The SMILES string of the molecule is CCN(CC)CCNC(=O)c1cc([N+](=O)[O-])cc([N+](=O)[O-])c1C. The molecule has 1 aromatic carbocycles. The van der Waals surface area contributed by atoms with Gasteiger partial charge in [-0.05, 0) is 20.0 Å². The van der Waals surface area contributed by atoms with Crippen LogP contribution >= 0.6 is 0 Å². The van der Waals surface area contributed by atoms with Crippen LogP contribution in [0.25, 0.3) is 0 Å². The zero-order chi connectivity index (χ0) is 17.6. The largest absolute Gasteiger partial charge is 0.351 e. The Kier molecular flexibility index (Phi) is 6.58. The van der Waals surface area contributed by atoms with E-state index in [1.165, 1.54) is 6.92 Å². The molecule has 0 spiro atoms. The second kappa shape index (κ2) is 8.18. The summed E-state index contributed by atoms with van der Waals surface area (Å²) in [5, 5.41) is 24.5. The minimum Gasteiger partial charge on any atom is -0.351 e. The summed E-state index contributed by atoms with van der Waals surface area (Å²) in [5.74, 6) is -0.554. The molecule has 126 valence electrons. The van der Waals surface area contributed by atoms with E-state index in [1.807, 2.05) is 13.8 Å². The van der Waals surface area contributed by atoms with E-state index in [0.717, 1.165) is 25.2 Å². The highest BCUT2D eigenvalue weighted by Crippen LogP contribution is 2.27. The molecule has 0 fully saturated rings. The first-order valence-corrected chi connectivity index (χ1v) is 7.25. The van der Waals surface area contributed by atoms with Crippen molar-refractivity contribution in [3.05, 3.63) is 43.5 Å². The standard InChI is InChI=1S/C14H20N4O5/c1-4-16(5-2)7-6-15-14(19)12-8-11(17(20)21)9-13(10(12)3)18(22)23/h8-9H,4-7H2,1-3H3,(H,15,19). The monoisotopic (exact) mass is 324 g/mol. The third-order valence-corrected chi connectivity index (χ3v) is 3.63. The molecule has 0 atom stereocenters. The topological polar surface area (TPSA) is 119 Å². The summed E-state index contributed by atoms with van der Waals surface area (Å²) in [4.78, 5) is 34.7. The first kappa shape index (κ1) is 18.5. The molecule has 0 saturated heterocycles. The number of nitro groups is 2. The van der Waals surface area contributed by atoms with Gasteiger partial charge in [-0.2, -0.15) is 0 Å². The molecule has 0 bridgehead atoms. The summed E-state index contributed by atoms with van der Waals surface area (Å²) >= 11 is 0. The molecule has 1 aromatic rings. The van der Waals surface area contributed by atoms with Gasteiger partial charge in [-0.1, -0.05) is 13.8 Å². The number of nitrogens with one attached hydrogen (secondary N) is 1. The summed E-state index contributed by atoms with van der Waals surface area (Å²) in [6.07, 6.45) is 0. The third-order valence-electron chi connectivity index (χ3n) is 3.63. The maximum Gasteiger partial charge on any atom is 0.279 e. The van der Waals surface area contributed by atoms with Crippen molar-refractivity contribution in [2.24, 2.45) is 0 Å². The zero-order valence-corrected chi connectivity index (χ0v) is 13.4. The number of likely N-dealkylation sites (N-methyl/N-ethyl adjacent to an activating group) is 1. The number of rotatable bonds is 8. The fourth-order valence-corrected chi connectivity index (χ4v) is 2.18. The van der Waals surface area contributed by atoms with Gasteiger partial charge in [0, 0.05) is 24.7 Å². The smallest absolute Gasteiger partial charge is 0.279 e. The van der Waals surface area contributed by atoms with Crippen molar-refractivity contribution in [1.29, 1.82) is 0 Å². The first-order chi connectivity index (χ1) is 10.8. The van der Waals surface area contributed by atoms with Gasteiger partial charge in [0.1, 0.15) is 0 Å². The van der Waals surface area contributed by atoms with Crippen molar-refractivity contribution in [2.75, 3.05) is 26.2 Å². The molecule has 0 aliphatic carbocycles. The van der Waals surface area contributed by atoms with Crippen LogP contribution in [0.15, 0.2) is 12.1 Å². The molecule has 1 amide bonds. The molecule has 9 nitrogen and oxygen atoms in total. The Bertz CT molecular complexity index is 613. The average molecular weight is 324 g/mol. The fraction of sp³-hybridized carbons (Fsp3) is 0.500. The van der Waals surface area contributed by atoms with E-state index < -0.39 is 27.1 Å². The number of benzene rings is 1. The number of amides is 1. The van der Waals surface area contributed by atoms with Crippen LogP contribution in [0.2, 0.25) is 0 Å². The summed E-state index contributed by atoms with van der Waals surface area (Å²) < 4.78 is 0. The lowest BCUT2D eigenvalue weighted by atomic mass is 10.0. The highest BCUT2D eigenvalue weighted by molar-refractivity contribution is 5.97. The lowest BCUT2D eigenvalue weighted by Gasteiger charge is -2.18. The Balaban J connectivity index is 2.99. The van der Waals surface area contributed by atoms with E-state index >= 15 is 0 Å². The highest BCUT2D eigenvalue weighted by Gasteiger charge is 2.24. The van der Waals surface area contributed by atoms with Crippen LogP contribution < -0.4 is 5.32 Å². The van der Waals surface area contributed by atoms with E-state index in [9.17, 15) is 25.0 Å². The Morgan fingerprint density at radius 2 is 1.78 bits per heavy atom. The predicted molar refractivity (Wildman–Crippen MR) is 84.6 cm³/mol. The second-order valence-corrected chi connectivity index (χ2v) is 4.93. The molecule has 0 radical (unpaired) electrons. The van der Waals surface area contributed by atoms with Crippen LogP contribution in [0.5, 0.6) is 0 Å². The van der Waals surface area contributed by atoms with E-state index in [-0.39, 0.29) is 11.1 Å². The van der Waals surface area contributed by atoms with Crippen molar-refractivity contribution in [1.82, 2.24) is 10.2 Å². The lowest BCUT2D eigenvalue weighted by molar-refractivity contribution is -0.394. The maximum absolute atomic E-state index is 12.2. The Labute approximate surface area is 133 Å². The number of nitro benzene ring substituents is 2. The zero-order valence-electron chi connectivity index (χ0n) is 13.4. The van der Waals surface area contributed by atoms with Gasteiger partial charge in [0.2, 0.25) is 0 Å². The predicted octanol–water partition coefficient (Wildman–Crippen LogP) is 1.88. The molecule has 1 rings (SSSR count). The van der Waals surface area contributed by atoms with Crippen LogP contribution in [-0.2, 0) is 0 Å². The van der Waals surface area contributed by atoms with Gasteiger partial charge in [0.15, 0.2) is 0 Å². The quantitative estimate of drug-likeness (QED) is 0.576. The van der Waals surface area contributed by atoms with Crippen molar-refractivity contribution in [3.8, 4) is 0 Å². The summed E-state index contributed by atoms with van der Waals surface area (Å²) in [6.45, 7) is 8.08. The Morgan fingerprint density at radius 1 is 1.17 bits per heavy atom. The van der Waals surface area contributed by atoms with Crippen molar-refractivity contribution < 1.29 is 14.6 Å². The van der Waals surface area contributed by atoms with Crippen LogP contribution in [0.4, 0.5) is 11.4 Å². The molecule has 0 aromatic heterocycles. The van der Waals surface area contributed by atoms with Gasteiger partial charge in [-0.15, -0.1) is 0 Å². The normalized spacial score (nSPS) is 10.6. The fourth-order valence-electron chi connectivity index (χ4n) is 2.18. The molecule has 9 heteroatoms. The van der Waals surface area contributed by atoms with E-state index in [1.54, 1.807) is 0 Å². The van der Waals surface area contributed by atoms with Gasteiger partial charge in [-0.25, -0.2) is 0 Å². The molecular formula is C14H20N4O5. The van der Waals surface area contributed by atoms with Crippen LogP contribution in [0, 0.1) is 27.2 Å². The van der Waals surface area contributed by atoms with Crippen molar-refractivity contribution in [2.45, 2.75) is 20.8 Å². The van der Waals surface area contributed by atoms with Crippen molar-refractivity contribution in [3.63, 3.8) is 0 Å². The highest BCUT2D eigenvalue weighted by atomic mass is 16.6. The van der Waals surface area contributed by atoms with E-state index in [2.05, 4.69) is 10.2 Å². The number of hydrogen-bond acceptors (Lipinski definition) is 6. The second-order valence-electron chi connectivity index (χ2n) is 4.93. The molecule has 0 saturated carbocycles. The summed E-state index contributed by atoms with van der Waals surface area (Å²) in [7, 11) is 0. The summed E-state index contributed by atoms with van der Waals surface area (Å²) in [5.41, 5.74) is -0.851. The number of carbonyl (C=O) groups is 1. The van der Waals surface area contributed by atoms with E-state index in [4.69, 9.17) is 0 Å². The molecular weight excluding hydrogens is 304 g/mol. The first-order valence-electron chi connectivity index (χ1n) is 7.25. The molecule has 0 heterocycles. The Hall–Kier alpha value is -2.55. The number of hydrogen-bond donors (Lipinski definition) is 1. The van der Waals surface area contributed by atoms with Crippen LogP contribution in [0.3, 0.4) is 0 Å². The third kappa shape index (κ3) is 4.71. The molecule has 0 unspecified atom stereocenters. The molecule has 0 aliphatic heterocycles. The average Bonchev–Trinajstić information content (AvgIpc) is 2.51. The molecule has 23 heavy (non-hydrogen) atoms. The van der Waals surface area contributed by atoms with Crippen LogP contribution in [0.1, 0.15) is 29.8 Å². The minimum atomic E-state index is -0.751. The van der Waals surface area contributed by atoms with Crippen LogP contribution in [-0.4, -0.2) is 46.8 Å². The van der Waals surface area contributed by atoms with Crippen molar-refractivity contribution >= 4 is 17.3 Å². The van der Waals surface area contributed by atoms with Gasteiger partial charge in [-0.3, -0.25) is 25.0 Å². The van der Waals surface area contributed by atoms with Gasteiger partial charge in [0.25, 0.3) is 17.3 Å². The number of non-ortho nitro benzene ring substituents is 1. The van der Waals surface area contributed by atoms with Gasteiger partial charge < -0.3 is 10.2 Å². The molecule has 0 aliphatic rings. The minimum absolute atomic E-state index is 0.0505.